The molecule has 1 aromatic rings. The van der Waals surface area contributed by atoms with Crippen LogP contribution in [0.4, 0.5) is 5.69 Å². The largest absolute Gasteiger partial charge is 0.368 e. The van der Waals surface area contributed by atoms with Crippen LogP contribution in [0.3, 0.4) is 0 Å². The molecule has 0 spiro atoms. The molecule has 0 heterocycles. The van der Waals surface area contributed by atoms with Crippen molar-refractivity contribution in [2.45, 2.75) is 52.1 Å². The molecule has 0 aliphatic heterocycles. The van der Waals surface area contributed by atoms with Crippen LogP contribution in [0.2, 0.25) is 0 Å². The third-order valence-corrected chi connectivity index (χ3v) is 3.63. The first-order valence-electron chi connectivity index (χ1n) is 7.24. The van der Waals surface area contributed by atoms with Crippen LogP contribution in [-0.4, -0.2) is 12.6 Å². The minimum Gasteiger partial charge on any atom is -0.368 e. The zero-order valence-corrected chi connectivity index (χ0v) is 11.9. The van der Waals surface area contributed by atoms with Crippen molar-refractivity contribution >= 4 is 5.69 Å². The van der Waals surface area contributed by atoms with Gasteiger partial charge in [0.15, 0.2) is 0 Å². The summed E-state index contributed by atoms with van der Waals surface area (Å²) in [5, 5.41) is 0. The lowest BCUT2D eigenvalue weighted by molar-refractivity contribution is 0.600. The summed E-state index contributed by atoms with van der Waals surface area (Å²) >= 11 is 0. The predicted octanol–water partition coefficient (Wildman–Crippen LogP) is 3.72. The van der Waals surface area contributed by atoms with Gasteiger partial charge >= 0.3 is 0 Å². The molecule has 0 amide bonds. The number of hydrogen-bond donors (Lipinski definition) is 1. The number of hydrogen-bond acceptors (Lipinski definition) is 2. The van der Waals surface area contributed by atoms with Crippen molar-refractivity contribution < 1.29 is 0 Å². The van der Waals surface area contributed by atoms with Crippen LogP contribution in [0.5, 0.6) is 0 Å². The molecule has 1 fully saturated rings. The fourth-order valence-electron chi connectivity index (χ4n) is 2.51. The topological polar surface area (TPSA) is 29.3 Å². The number of nitrogens with two attached hydrogens (primary N) is 1. The Morgan fingerprint density at radius 3 is 2.50 bits per heavy atom. The molecule has 0 bridgehead atoms. The molecule has 2 rings (SSSR count). The van der Waals surface area contributed by atoms with Gasteiger partial charge in [-0.3, -0.25) is 0 Å². The summed E-state index contributed by atoms with van der Waals surface area (Å²) < 4.78 is 0. The number of para-hydroxylation sites is 1. The van der Waals surface area contributed by atoms with Gasteiger partial charge in [-0.25, -0.2) is 0 Å². The number of anilines is 1. The summed E-state index contributed by atoms with van der Waals surface area (Å²) in [4.78, 5) is 2.58. The zero-order valence-electron chi connectivity index (χ0n) is 11.9. The quantitative estimate of drug-likeness (QED) is 0.829. The molecule has 1 aliphatic rings. The minimum absolute atomic E-state index is 0.162. The molecule has 2 heteroatoms. The van der Waals surface area contributed by atoms with Crippen LogP contribution >= 0.6 is 0 Å². The molecule has 0 radical (unpaired) electrons. The van der Waals surface area contributed by atoms with Gasteiger partial charge in [-0.2, -0.15) is 0 Å². The molecule has 1 saturated carbocycles. The van der Waals surface area contributed by atoms with Crippen molar-refractivity contribution in [3.05, 3.63) is 29.8 Å². The van der Waals surface area contributed by atoms with Gasteiger partial charge in [0.1, 0.15) is 0 Å². The van der Waals surface area contributed by atoms with Crippen LogP contribution in [0.15, 0.2) is 24.3 Å². The SMILES string of the molecule is CC[C@@H](N)c1ccccc1N(CC(C)C)C1CC1. The van der Waals surface area contributed by atoms with Gasteiger partial charge in [0.2, 0.25) is 0 Å². The number of nitrogens with zero attached hydrogens (tertiary/aromatic N) is 1. The summed E-state index contributed by atoms with van der Waals surface area (Å²) in [5.74, 6) is 0.691. The molecule has 18 heavy (non-hydrogen) atoms. The molecule has 100 valence electrons. The zero-order chi connectivity index (χ0) is 13.1. The Kier molecular flexibility index (Phi) is 4.28. The molecule has 1 aliphatic carbocycles. The van der Waals surface area contributed by atoms with Crippen LogP contribution in [0.1, 0.15) is 51.6 Å². The first-order valence-corrected chi connectivity index (χ1v) is 7.24. The van der Waals surface area contributed by atoms with E-state index in [1.54, 1.807) is 0 Å². The Labute approximate surface area is 111 Å². The van der Waals surface area contributed by atoms with E-state index < -0.39 is 0 Å². The first kappa shape index (κ1) is 13.4. The Morgan fingerprint density at radius 2 is 1.94 bits per heavy atom. The molecular formula is C16H26N2. The second kappa shape index (κ2) is 5.75. The standard InChI is InChI=1S/C16H26N2/c1-4-15(17)14-7-5-6-8-16(14)18(11-12(2)3)13-9-10-13/h5-8,12-13,15H,4,9-11,17H2,1-3H3/t15-/m1/s1. The van der Waals surface area contributed by atoms with E-state index in [4.69, 9.17) is 5.73 Å². The van der Waals surface area contributed by atoms with Crippen molar-refractivity contribution in [2.24, 2.45) is 11.7 Å². The van der Waals surface area contributed by atoms with E-state index in [0.29, 0.717) is 5.92 Å². The monoisotopic (exact) mass is 246 g/mol. The van der Waals surface area contributed by atoms with Gasteiger partial charge in [-0.05, 0) is 36.8 Å². The van der Waals surface area contributed by atoms with E-state index in [1.807, 2.05) is 0 Å². The highest BCUT2D eigenvalue weighted by Gasteiger charge is 2.31. The first-order chi connectivity index (χ1) is 8.63. The van der Waals surface area contributed by atoms with Crippen molar-refractivity contribution in [3.63, 3.8) is 0 Å². The smallest absolute Gasteiger partial charge is 0.0417 e. The third kappa shape index (κ3) is 3.05. The van der Waals surface area contributed by atoms with Gasteiger partial charge in [-0.1, -0.05) is 39.0 Å². The number of rotatable bonds is 6. The van der Waals surface area contributed by atoms with Crippen LogP contribution in [-0.2, 0) is 0 Å². The fourth-order valence-corrected chi connectivity index (χ4v) is 2.51. The van der Waals surface area contributed by atoms with E-state index in [-0.39, 0.29) is 6.04 Å². The lowest BCUT2D eigenvalue weighted by atomic mass is 10.0. The summed E-state index contributed by atoms with van der Waals surface area (Å²) in [6.07, 6.45) is 3.67. The van der Waals surface area contributed by atoms with Gasteiger partial charge in [0.25, 0.3) is 0 Å². The minimum atomic E-state index is 0.162. The van der Waals surface area contributed by atoms with Crippen LogP contribution in [0.25, 0.3) is 0 Å². The van der Waals surface area contributed by atoms with Gasteiger partial charge in [0.05, 0.1) is 0 Å². The Balaban J connectivity index is 2.28. The van der Waals surface area contributed by atoms with Gasteiger partial charge in [-0.15, -0.1) is 0 Å². The molecular weight excluding hydrogens is 220 g/mol. The molecule has 1 atom stereocenters. The van der Waals surface area contributed by atoms with Gasteiger partial charge in [0, 0.05) is 24.3 Å². The van der Waals surface area contributed by atoms with Crippen molar-refractivity contribution in [2.75, 3.05) is 11.4 Å². The molecule has 0 unspecified atom stereocenters. The van der Waals surface area contributed by atoms with Crippen LogP contribution < -0.4 is 10.6 Å². The maximum absolute atomic E-state index is 6.26. The Morgan fingerprint density at radius 1 is 1.28 bits per heavy atom. The summed E-state index contributed by atoms with van der Waals surface area (Å²) in [6, 6.07) is 9.59. The lowest BCUT2D eigenvalue weighted by Gasteiger charge is -2.30. The fraction of sp³-hybridized carbons (Fsp3) is 0.625. The van der Waals surface area contributed by atoms with Gasteiger partial charge < -0.3 is 10.6 Å². The average Bonchev–Trinajstić information content (AvgIpc) is 3.19. The molecule has 1 aromatic carbocycles. The van der Waals surface area contributed by atoms with E-state index in [9.17, 15) is 0 Å². The highest BCUT2D eigenvalue weighted by Crippen LogP contribution is 2.36. The van der Waals surface area contributed by atoms with E-state index in [2.05, 4.69) is 49.9 Å². The molecule has 0 aromatic heterocycles. The predicted molar refractivity (Wildman–Crippen MR) is 78.9 cm³/mol. The summed E-state index contributed by atoms with van der Waals surface area (Å²) in [7, 11) is 0. The maximum atomic E-state index is 6.26. The Bertz CT molecular complexity index is 382. The average molecular weight is 246 g/mol. The summed E-state index contributed by atoms with van der Waals surface area (Å²) in [6.45, 7) is 7.87. The van der Waals surface area contributed by atoms with Crippen molar-refractivity contribution in [1.29, 1.82) is 0 Å². The summed E-state index contributed by atoms with van der Waals surface area (Å²) in [5.41, 5.74) is 8.93. The molecule has 2 N–H and O–H groups in total. The maximum Gasteiger partial charge on any atom is 0.0417 e. The normalized spacial score (nSPS) is 16.9. The number of benzene rings is 1. The second-order valence-corrected chi connectivity index (χ2v) is 5.85. The van der Waals surface area contributed by atoms with E-state index >= 15 is 0 Å². The van der Waals surface area contributed by atoms with Crippen LogP contribution in [0, 0.1) is 5.92 Å². The van der Waals surface area contributed by atoms with E-state index in [0.717, 1.165) is 19.0 Å². The Hall–Kier alpha value is -1.02. The van der Waals surface area contributed by atoms with E-state index in [1.165, 1.54) is 24.1 Å². The molecule has 2 nitrogen and oxygen atoms in total. The second-order valence-electron chi connectivity index (χ2n) is 5.85. The highest BCUT2D eigenvalue weighted by molar-refractivity contribution is 5.56. The highest BCUT2D eigenvalue weighted by atomic mass is 15.2. The third-order valence-electron chi connectivity index (χ3n) is 3.63. The molecule has 0 saturated heterocycles. The van der Waals surface area contributed by atoms with Crippen molar-refractivity contribution in [3.8, 4) is 0 Å². The van der Waals surface area contributed by atoms with Crippen molar-refractivity contribution in [1.82, 2.24) is 0 Å². The lowest BCUT2D eigenvalue weighted by Crippen LogP contribution is -2.31.